The van der Waals surface area contributed by atoms with E-state index in [1.807, 2.05) is 13.1 Å². The molecule has 3 N–H and O–H groups in total. The molecule has 0 radical (unpaired) electrons. The summed E-state index contributed by atoms with van der Waals surface area (Å²) in [6, 6.07) is 10.5. The van der Waals surface area contributed by atoms with Gasteiger partial charge in [-0.2, -0.15) is 10.1 Å². The van der Waals surface area contributed by atoms with Gasteiger partial charge in [-0.05, 0) is 61.4 Å². The third kappa shape index (κ3) is 5.23. The van der Waals surface area contributed by atoms with Crippen LogP contribution in [0.5, 0.6) is 0 Å². The standard InChI is InChI=1S/C26H32N8O3S/c1-33(25-27-10-9-22(30-25)29-23-11-21(31-32-23)17-3-4-17)19-12-26(13-19)15-34(16-26)14-24(35)28-18-5-7-20(8-6-18)38(2,36)37/h5-11,17,19H,3-4,12-16H2,1-2H3,(H,28,35)(H2,27,29,30,31,32). The Morgan fingerprint density at radius 1 is 1.16 bits per heavy atom. The number of benzene rings is 1. The molecule has 0 atom stereocenters. The number of likely N-dealkylation sites (tertiary alicyclic amines) is 1. The Bertz CT molecular complexity index is 1440. The van der Waals surface area contributed by atoms with Crippen LogP contribution in [0.4, 0.5) is 23.3 Å². The van der Waals surface area contributed by atoms with E-state index in [1.165, 1.54) is 30.7 Å². The molecular weight excluding hydrogens is 504 g/mol. The fourth-order valence-corrected chi connectivity index (χ4v) is 6.19. The zero-order chi connectivity index (χ0) is 26.5. The van der Waals surface area contributed by atoms with E-state index in [0.29, 0.717) is 30.1 Å². The molecule has 6 rings (SSSR count). The first-order valence-corrected chi connectivity index (χ1v) is 14.8. The quantitative estimate of drug-likeness (QED) is 0.377. The lowest BCUT2D eigenvalue weighted by Gasteiger charge is -2.60. The number of carbonyl (C=O) groups excluding carboxylic acids is 1. The lowest BCUT2D eigenvalue weighted by molar-refractivity contribution is -0.124. The van der Waals surface area contributed by atoms with Crippen molar-refractivity contribution in [2.24, 2.45) is 5.41 Å². The van der Waals surface area contributed by atoms with E-state index in [4.69, 9.17) is 4.98 Å². The third-order valence-corrected chi connectivity index (χ3v) is 8.89. The van der Waals surface area contributed by atoms with Crippen molar-refractivity contribution < 1.29 is 13.2 Å². The molecule has 200 valence electrons. The number of anilines is 4. The summed E-state index contributed by atoms with van der Waals surface area (Å²) in [5, 5.41) is 13.6. The van der Waals surface area contributed by atoms with Crippen molar-refractivity contribution in [3.05, 3.63) is 48.3 Å². The smallest absolute Gasteiger partial charge is 0.238 e. The van der Waals surface area contributed by atoms with Crippen LogP contribution in [-0.2, 0) is 14.6 Å². The summed E-state index contributed by atoms with van der Waals surface area (Å²) in [5.74, 6) is 2.70. The Morgan fingerprint density at radius 3 is 2.58 bits per heavy atom. The van der Waals surface area contributed by atoms with Crippen LogP contribution >= 0.6 is 0 Å². The summed E-state index contributed by atoms with van der Waals surface area (Å²) >= 11 is 0. The zero-order valence-electron chi connectivity index (χ0n) is 21.5. The largest absolute Gasteiger partial charge is 0.341 e. The van der Waals surface area contributed by atoms with Crippen molar-refractivity contribution in [2.45, 2.75) is 42.5 Å². The Labute approximate surface area is 222 Å². The summed E-state index contributed by atoms with van der Waals surface area (Å²) in [6.45, 7) is 2.11. The molecule has 3 aromatic rings. The highest BCUT2D eigenvalue weighted by atomic mass is 32.2. The predicted octanol–water partition coefficient (Wildman–Crippen LogP) is 2.76. The number of hydrogen-bond donors (Lipinski definition) is 3. The van der Waals surface area contributed by atoms with Crippen molar-refractivity contribution in [2.75, 3.05) is 48.5 Å². The van der Waals surface area contributed by atoms with Gasteiger partial charge in [-0.25, -0.2) is 13.4 Å². The van der Waals surface area contributed by atoms with Gasteiger partial charge < -0.3 is 15.5 Å². The number of aromatic amines is 1. The maximum atomic E-state index is 12.5. The molecule has 3 aliphatic rings. The van der Waals surface area contributed by atoms with Gasteiger partial charge in [0.05, 0.1) is 11.4 Å². The van der Waals surface area contributed by atoms with Crippen LogP contribution in [0.1, 0.15) is 37.3 Å². The number of carbonyl (C=O) groups is 1. The molecule has 0 unspecified atom stereocenters. The van der Waals surface area contributed by atoms with Gasteiger partial charge in [-0.3, -0.25) is 14.8 Å². The summed E-state index contributed by atoms with van der Waals surface area (Å²) in [6.07, 6.45) is 7.46. The molecule has 2 saturated carbocycles. The van der Waals surface area contributed by atoms with Gasteiger partial charge >= 0.3 is 0 Å². The molecule has 3 fully saturated rings. The van der Waals surface area contributed by atoms with Crippen LogP contribution in [0, 0.1) is 5.41 Å². The van der Waals surface area contributed by atoms with Gasteiger partial charge in [0.15, 0.2) is 15.7 Å². The second-order valence-corrected chi connectivity index (χ2v) is 13.0. The minimum atomic E-state index is -3.25. The number of rotatable bonds is 9. The zero-order valence-corrected chi connectivity index (χ0v) is 22.3. The fourth-order valence-electron chi connectivity index (χ4n) is 5.56. The van der Waals surface area contributed by atoms with Crippen LogP contribution in [0.25, 0.3) is 0 Å². The second-order valence-electron chi connectivity index (χ2n) is 11.0. The molecule has 1 amide bonds. The number of H-pyrrole nitrogens is 1. The van der Waals surface area contributed by atoms with Crippen LogP contribution < -0.4 is 15.5 Å². The average molecular weight is 537 g/mol. The van der Waals surface area contributed by atoms with E-state index in [2.05, 4.69) is 41.7 Å². The first-order chi connectivity index (χ1) is 18.2. The van der Waals surface area contributed by atoms with Crippen molar-refractivity contribution in [1.29, 1.82) is 0 Å². The monoisotopic (exact) mass is 536 g/mol. The van der Waals surface area contributed by atoms with Crippen molar-refractivity contribution >= 4 is 39.0 Å². The molecule has 2 aliphatic carbocycles. The van der Waals surface area contributed by atoms with Gasteiger partial charge in [0.25, 0.3) is 0 Å². The molecule has 38 heavy (non-hydrogen) atoms. The van der Waals surface area contributed by atoms with Crippen molar-refractivity contribution in [3.8, 4) is 0 Å². The highest BCUT2D eigenvalue weighted by Crippen LogP contribution is 2.50. The maximum absolute atomic E-state index is 12.5. The van der Waals surface area contributed by atoms with Gasteiger partial charge in [0, 0.05) is 62.0 Å². The summed E-state index contributed by atoms with van der Waals surface area (Å²) in [7, 11) is -1.22. The normalized spacial score (nSPS) is 19.0. The lowest BCUT2D eigenvalue weighted by atomic mass is 9.60. The lowest BCUT2D eigenvalue weighted by Crippen LogP contribution is -2.67. The molecule has 1 aliphatic heterocycles. The first-order valence-electron chi connectivity index (χ1n) is 12.9. The first kappa shape index (κ1) is 24.8. The molecule has 1 aromatic carbocycles. The van der Waals surface area contributed by atoms with Crippen LogP contribution in [-0.4, -0.2) is 78.4 Å². The van der Waals surface area contributed by atoms with Gasteiger partial charge in [-0.15, -0.1) is 0 Å². The molecular formula is C26H32N8O3S. The fraction of sp³-hybridized carbons (Fsp3) is 0.462. The molecule has 12 heteroatoms. The summed E-state index contributed by atoms with van der Waals surface area (Å²) in [5.41, 5.74) is 2.02. The van der Waals surface area contributed by atoms with Crippen molar-refractivity contribution in [1.82, 2.24) is 25.1 Å². The van der Waals surface area contributed by atoms with E-state index < -0.39 is 9.84 Å². The minimum Gasteiger partial charge on any atom is -0.341 e. The average Bonchev–Trinajstić information content (AvgIpc) is 3.58. The number of aromatic nitrogens is 4. The van der Waals surface area contributed by atoms with Crippen molar-refractivity contribution in [3.63, 3.8) is 0 Å². The van der Waals surface area contributed by atoms with E-state index in [1.54, 1.807) is 18.3 Å². The minimum absolute atomic E-state index is 0.0983. The third-order valence-electron chi connectivity index (χ3n) is 7.77. The van der Waals surface area contributed by atoms with Crippen LogP contribution in [0.3, 0.4) is 0 Å². The van der Waals surface area contributed by atoms with Crippen LogP contribution in [0.2, 0.25) is 0 Å². The summed E-state index contributed by atoms with van der Waals surface area (Å²) in [4.78, 5) is 26.2. The molecule has 3 heterocycles. The molecule has 0 bridgehead atoms. The Morgan fingerprint density at radius 2 is 1.89 bits per heavy atom. The number of amides is 1. The highest BCUT2D eigenvalue weighted by Gasteiger charge is 2.53. The predicted molar refractivity (Wildman–Crippen MR) is 144 cm³/mol. The number of sulfone groups is 1. The molecule has 1 spiro atoms. The second kappa shape index (κ2) is 9.35. The van der Waals surface area contributed by atoms with Gasteiger partial charge in [0.2, 0.25) is 11.9 Å². The van der Waals surface area contributed by atoms with Gasteiger partial charge in [-0.1, -0.05) is 0 Å². The van der Waals surface area contributed by atoms with Gasteiger partial charge in [0.1, 0.15) is 5.82 Å². The maximum Gasteiger partial charge on any atom is 0.238 e. The van der Waals surface area contributed by atoms with E-state index in [9.17, 15) is 13.2 Å². The topological polar surface area (TPSA) is 136 Å². The Hall–Kier alpha value is -3.51. The molecule has 2 aromatic heterocycles. The number of nitrogens with zero attached hydrogens (tertiary/aromatic N) is 5. The van der Waals surface area contributed by atoms with E-state index >= 15 is 0 Å². The van der Waals surface area contributed by atoms with E-state index in [0.717, 1.165) is 43.8 Å². The Kier molecular flexibility index (Phi) is 6.10. The highest BCUT2D eigenvalue weighted by molar-refractivity contribution is 7.90. The SMILES string of the molecule is CN(c1nccc(Nc2cc(C3CC3)[nH]n2)n1)C1CC2(C1)CN(CC(=O)Nc1ccc(S(C)(=O)=O)cc1)C2. The van der Waals surface area contributed by atoms with Crippen LogP contribution in [0.15, 0.2) is 47.5 Å². The number of hydrogen-bond acceptors (Lipinski definition) is 9. The molecule has 1 saturated heterocycles. The summed E-state index contributed by atoms with van der Waals surface area (Å²) < 4.78 is 23.2. The Balaban J connectivity index is 0.962. The molecule has 11 nitrogen and oxygen atoms in total. The van der Waals surface area contributed by atoms with E-state index in [-0.39, 0.29) is 16.2 Å². The number of nitrogens with one attached hydrogen (secondary N) is 3.